The number of carbonyl (C=O) groups excluding carboxylic acids is 1. The minimum absolute atomic E-state index is 0.0122. The van der Waals surface area contributed by atoms with Crippen molar-refractivity contribution in [2.45, 2.75) is 129 Å². The molecule has 0 N–H and O–H groups in total. The Kier molecular flexibility index (Phi) is 9.89. The van der Waals surface area contributed by atoms with Gasteiger partial charge in [-0.25, -0.2) is 4.79 Å². The molecule has 1 amide bonds. The molecule has 1 atom stereocenters. The van der Waals surface area contributed by atoms with Crippen molar-refractivity contribution in [3.63, 3.8) is 0 Å². The van der Waals surface area contributed by atoms with Crippen LogP contribution in [0.15, 0.2) is 0 Å². The molecule has 1 unspecified atom stereocenters. The highest BCUT2D eigenvalue weighted by Crippen LogP contribution is 2.34. The molecule has 0 spiro atoms. The van der Waals surface area contributed by atoms with Crippen molar-refractivity contribution in [3.05, 3.63) is 0 Å². The van der Waals surface area contributed by atoms with E-state index in [2.05, 4.69) is 13.8 Å². The normalized spacial score (nSPS) is 21.4. The predicted molar refractivity (Wildman–Crippen MR) is 107 cm³/mol. The monoisotopic (exact) mass is 353 g/mol. The van der Waals surface area contributed by atoms with Gasteiger partial charge in [-0.1, -0.05) is 64.7 Å². The number of carbonyl (C=O) groups is 1. The van der Waals surface area contributed by atoms with E-state index in [1.807, 2.05) is 25.7 Å². The summed E-state index contributed by atoms with van der Waals surface area (Å²) in [7, 11) is 0. The fourth-order valence-corrected chi connectivity index (χ4v) is 3.89. The van der Waals surface area contributed by atoms with Crippen molar-refractivity contribution in [3.8, 4) is 0 Å². The smallest absolute Gasteiger partial charge is 0.410 e. The Balaban J connectivity index is 2.31. The molecule has 1 fully saturated rings. The number of piperidine rings is 1. The van der Waals surface area contributed by atoms with E-state index >= 15 is 0 Å². The topological polar surface area (TPSA) is 29.5 Å². The van der Waals surface area contributed by atoms with Crippen molar-refractivity contribution in [1.82, 2.24) is 4.90 Å². The van der Waals surface area contributed by atoms with E-state index in [0.717, 1.165) is 25.8 Å². The summed E-state index contributed by atoms with van der Waals surface area (Å²) in [6.07, 6.45) is 16.6. The van der Waals surface area contributed by atoms with Crippen LogP contribution >= 0.6 is 0 Å². The molecule has 1 saturated heterocycles. The van der Waals surface area contributed by atoms with Gasteiger partial charge >= 0.3 is 6.09 Å². The van der Waals surface area contributed by atoms with Crippen LogP contribution in [0, 0.1) is 0 Å². The molecule has 1 aliphatic heterocycles. The van der Waals surface area contributed by atoms with Gasteiger partial charge in [-0.2, -0.15) is 0 Å². The highest BCUT2D eigenvalue weighted by molar-refractivity contribution is 5.69. The third-order valence-electron chi connectivity index (χ3n) is 5.43. The summed E-state index contributed by atoms with van der Waals surface area (Å²) in [4.78, 5) is 14.6. The zero-order valence-electron chi connectivity index (χ0n) is 17.7. The van der Waals surface area contributed by atoms with Gasteiger partial charge < -0.3 is 9.64 Å². The molecule has 0 aromatic rings. The van der Waals surface area contributed by atoms with Crippen LogP contribution in [0.1, 0.15) is 118 Å². The predicted octanol–water partition coefficient (Wildman–Crippen LogP) is 7.09. The molecule has 0 bridgehead atoms. The molecule has 0 saturated carbocycles. The largest absolute Gasteiger partial charge is 0.444 e. The maximum atomic E-state index is 12.6. The second-order valence-electron chi connectivity index (χ2n) is 9.16. The van der Waals surface area contributed by atoms with Crippen LogP contribution in [0.25, 0.3) is 0 Å². The second kappa shape index (κ2) is 11.1. The van der Waals surface area contributed by atoms with E-state index in [1.54, 1.807) is 0 Å². The molecular formula is C22H43NO2. The third-order valence-corrected chi connectivity index (χ3v) is 5.43. The molecule has 1 aliphatic rings. The Morgan fingerprint density at radius 1 is 0.960 bits per heavy atom. The fraction of sp³-hybridized carbons (Fsp3) is 0.955. The van der Waals surface area contributed by atoms with Crippen LogP contribution in [0.4, 0.5) is 4.79 Å². The number of rotatable bonds is 10. The van der Waals surface area contributed by atoms with Gasteiger partial charge in [0.25, 0.3) is 0 Å². The van der Waals surface area contributed by atoms with E-state index in [1.165, 1.54) is 64.2 Å². The van der Waals surface area contributed by atoms with E-state index in [9.17, 15) is 4.79 Å². The lowest BCUT2D eigenvalue weighted by molar-refractivity contribution is -0.0138. The molecule has 0 aromatic carbocycles. The van der Waals surface area contributed by atoms with Crippen molar-refractivity contribution < 1.29 is 9.53 Å². The Morgan fingerprint density at radius 2 is 1.52 bits per heavy atom. The molecule has 0 aliphatic carbocycles. The van der Waals surface area contributed by atoms with E-state index in [4.69, 9.17) is 4.74 Å². The van der Waals surface area contributed by atoms with E-state index < -0.39 is 5.60 Å². The standard InChI is InChI=1S/C22H43NO2/c1-6-7-8-9-10-11-12-13-14-17-22(5)18-15-16-19-23(22)20(24)25-21(2,3)4/h6-19H2,1-5H3. The Hall–Kier alpha value is -0.730. The SMILES string of the molecule is CCCCCCCCCCCC1(C)CCCCN1C(=O)OC(C)(C)C. The summed E-state index contributed by atoms with van der Waals surface area (Å²) in [5, 5.41) is 0. The molecule has 3 nitrogen and oxygen atoms in total. The summed E-state index contributed by atoms with van der Waals surface area (Å²) in [6, 6.07) is 0. The van der Waals surface area contributed by atoms with Crippen LogP contribution in [-0.2, 0) is 4.74 Å². The number of ether oxygens (including phenoxy) is 1. The van der Waals surface area contributed by atoms with E-state index in [0.29, 0.717) is 0 Å². The lowest BCUT2D eigenvalue weighted by Gasteiger charge is -2.45. The number of amides is 1. The molecular weight excluding hydrogens is 310 g/mol. The second-order valence-corrected chi connectivity index (χ2v) is 9.16. The van der Waals surface area contributed by atoms with Gasteiger partial charge in [0.05, 0.1) is 0 Å². The van der Waals surface area contributed by atoms with Crippen LogP contribution in [-0.4, -0.2) is 28.7 Å². The minimum Gasteiger partial charge on any atom is -0.444 e. The summed E-state index contributed by atoms with van der Waals surface area (Å²) in [5.74, 6) is 0. The third kappa shape index (κ3) is 8.96. The Morgan fingerprint density at radius 3 is 2.08 bits per heavy atom. The van der Waals surface area contributed by atoms with Gasteiger partial charge in [-0.05, 0) is 53.4 Å². The van der Waals surface area contributed by atoms with Gasteiger partial charge in [0.1, 0.15) is 5.60 Å². The number of nitrogens with zero attached hydrogens (tertiary/aromatic N) is 1. The van der Waals surface area contributed by atoms with Crippen LogP contribution in [0.5, 0.6) is 0 Å². The van der Waals surface area contributed by atoms with Crippen molar-refractivity contribution >= 4 is 6.09 Å². The number of hydrogen-bond donors (Lipinski definition) is 0. The minimum atomic E-state index is -0.410. The lowest BCUT2D eigenvalue weighted by atomic mass is 9.84. The molecule has 148 valence electrons. The fourth-order valence-electron chi connectivity index (χ4n) is 3.89. The Bertz CT molecular complexity index is 375. The first-order chi connectivity index (χ1) is 11.8. The maximum absolute atomic E-state index is 12.6. The quantitative estimate of drug-likeness (QED) is 0.392. The molecule has 0 aromatic heterocycles. The van der Waals surface area contributed by atoms with Crippen molar-refractivity contribution in [1.29, 1.82) is 0 Å². The van der Waals surface area contributed by atoms with Crippen LogP contribution < -0.4 is 0 Å². The first kappa shape index (κ1) is 22.3. The average molecular weight is 354 g/mol. The zero-order valence-corrected chi connectivity index (χ0v) is 17.7. The highest BCUT2D eigenvalue weighted by atomic mass is 16.6. The molecule has 1 rings (SSSR count). The number of hydrogen-bond acceptors (Lipinski definition) is 2. The zero-order chi connectivity index (χ0) is 18.8. The van der Waals surface area contributed by atoms with Crippen LogP contribution in [0.3, 0.4) is 0 Å². The van der Waals surface area contributed by atoms with Gasteiger partial charge in [0.2, 0.25) is 0 Å². The van der Waals surface area contributed by atoms with Gasteiger partial charge in [-0.15, -0.1) is 0 Å². The van der Waals surface area contributed by atoms with Gasteiger partial charge in [-0.3, -0.25) is 0 Å². The first-order valence-corrected chi connectivity index (χ1v) is 10.8. The summed E-state index contributed by atoms with van der Waals surface area (Å²) >= 11 is 0. The van der Waals surface area contributed by atoms with Crippen LogP contribution in [0.2, 0.25) is 0 Å². The van der Waals surface area contributed by atoms with E-state index in [-0.39, 0.29) is 11.6 Å². The summed E-state index contributed by atoms with van der Waals surface area (Å²) in [6.45, 7) is 11.2. The molecule has 3 heteroatoms. The maximum Gasteiger partial charge on any atom is 0.410 e. The van der Waals surface area contributed by atoms with Gasteiger partial charge in [0.15, 0.2) is 0 Å². The molecule has 0 radical (unpaired) electrons. The first-order valence-electron chi connectivity index (χ1n) is 10.8. The van der Waals surface area contributed by atoms with Crippen molar-refractivity contribution in [2.75, 3.05) is 6.54 Å². The highest BCUT2D eigenvalue weighted by Gasteiger charge is 2.38. The lowest BCUT2D eigenvalue weighted by Crippen LogP contribution is -2.53. The number of unbranched alkanes of at least 4 members (excludes halogenated alkanes) is 8. The van der Waals surface area contributed by atoms with Gasteiger partial charge in [0, 0.05) is 12.1 Å². The molecule has 1 heterocycles. The summed E-state index contributed by atoms with van der Waals surface area (Å²) in [5.41, 5.74) is -0.422. The average Bonchev–Trinajstić information content (AvgIpc) is 2.52. The summed E-state index contributed by atoms with van der Waals surface area (Å²) < 4.78 is 5.65. The number of likely N-dealkylation sites (tertiary alicyclic amines) is 1. The molecule has 25 heavy (non-hydrogen) atoms. The Labute approximate surface area is 156 Å². The van der Waals surface area contributed by atoms with Crippen molar-refractivity contribution in [2.24, 2.45) is 0 Å².